The van der Waals surface area contributed by atoms with Gasteiger partial charge in [-0.1, -0.05) is 18.2 Å². The molecule has 0 unspecified atom stereocenters. The Morgan fingerprint density at radius 1 is 1.33 bits per heavy atom. The molecule has 0 bridgehead atoms. The Kier molecular flexibility index (Phi) is 3.64. The summed E-state index contributed by atoms with van der Waals surface area (Å²) in [4.78, 5) is 3.98. The van der Waals surface area contributed by atoms with Crippen molar-refractivity contribution in [1.82, 2.24) is 4.98 Å². The maximum Gasteiger partial charge on any atom is 0.218 e. The highest BCUT2D eigenvalue weighted by molar-refractivity contribution is 5.11. The summed E-state index contributed by atoms with van der Waals surface area (Å²) in [5.74, 6) is 0.609. The Bertz CT molecular complexity index is 264. The average Bonchev–Trinajstić information content (AvgIpc) is 2.14. The van der Waals surface area contributed by atoms with Crippen LogP contribution in [0.4, 0.5) is 0 Å². The first kappa shape index (κ1) is 8.53. The van der Waals surface area contributed by atoms with Gasteiger partial charge >= 0.3 is 0 Å². The van der Waals surface area contributed by atoms with Gasteiger partial charge in [-0.05, 0) is 19.1 Å². The molecule has 1 aromatic rings. The summed E-state index contributed by atoms with van der Waals surface area (Å²) in [6, 6.07) is 5.54. The van der Waals surface area contributed by atoms with Gasteiger partial charge in [-0.15, -0.1) is 0 Å². The van der Waals surface area contributed by atoms with Crippen LogP contribution in [0.15, 0.2) is 48.9 Å². The van der Waals surface area contributed by atoms with Gasteiger partial charge in [0.25, 0.3) is 0 Å². The van der Waals surface area contributed by atoms with E-state index in [-0.39, 0.29) is 0 Å². The maximum absolute atomic E-state index is 5.17. The number of aromatic nitrogens is 1. The van der Waals surface area contributed by atoms with Gasteiger partial charge in [-0.3, -0.25) is 0 Å². The Morgan fingerprint density at radius 3 is 2.92 bits per heavy atom. The van der Waals surface area contributed by atoms with E-state index in [0.29, 0.717) is 5.88 Å². The molecule has 0 aliphatic heterocycles. The molecular weight excluding hydrogens is 150 g/mol. The zero-order valence-corrected chi connectivity index (χ0v) is 6.97. The molecular formula is C10H11NO. The summed E-state index contributed by atoms with van der Waals surface area (Å²) in [5.41, 5.74) is 0. The second kappa shape index (κ2) is 5.13. The number of hydrogen-bond acceptors (Lipinski definition) is 2. The van der Waals surface area contributed by atoms with E-state index in [0.717, 1.165) is 0 Å². The second-order valence-corrected chi connectivity index (χ2v) is 2.14. The van der Waals surface area contributed by atoms with Crippen LogP contribution in [0.1, 0.15) is 6.92 Å². The van der Waals surface area contributed by atoms with Crippen molar-refractivity contribution in [1.29, 1.82) is 0 Å². The predicted octanol–water partition coefficient (Wildman–Crippen LogP) is 2.55. The smallest absolute Gasteiger partial charge is 0.218 e. The zero-order chi connectivity index (χ0) is 8.65. The SMILES string of the molecule is C/C=C\C=C\Oc1ccccn1. The second-order valence-electron chi connectivity index (χ2n) is 2.14. The van der Waals surface area contributed by atoms with Crippen LogP contribution < -0.4 is 4.74 Å². The monoisotopic (exact) mass is 161 g/mol. The maximum atomic E-state index is 5.17. The Hall–Kier alpha value is -1.57. The number of nitrogens with zero attached hydrogens (tertiary/aromatic N) is 1. The average molecular weight is 161 g/mol. The number of allylic oxidation sites excluding steroid dienone is 3. The molecule has 1 heterocycles. The van der Waals surface area contributed by atoms with Gasteiger partial charge in [-0.25, -0.2) is 4.98 Å². The van der Waals surface area contributed by atoms with Crippen molar-refractivity contribution in [3.8, 4) is 5.88 Å². The van der Waals surface area contributed by atoms with Gasteiger partial charge in [0.05, 0.1) is 6.26 Å². The van der Waals surface area contributed by atoms with Gasteiger partial charge in [0.1, 0.15) is 0 Å². The first-order valence-corrected chi connectivity index (χ1v) is 3.79. The molecule has 1 rings (SSSR count). The van der Waals surface area contributed by atoms with Crippen molar-refractivity contribution >= 4 is 0 Å². The van der Waals surface area contributed by atoms with E-state index in [4.69, 9.17) is 4.74 Å². The molecule has 1 aromatic heterocycles. The lowest BCUT2D eigenvalue weighted by Crippen LogP contribution is -1.83. The number of rotatable bonds is 3. The van der Waals surface area contributed by atoms with E-state index in [9.17, 15) is 0 Å². The van der Waals surface area contributed by atoms with Crippen molar-refractivity contribution < 1.29 is 4.74 Å². The predicted molar refractivity (Wildman–Crippen MR) is 48.8 cm³/mol. The van der Waals surface area contributed by atoms with Gasteiger partial charge in [0.15, 0.2) is 0 Å². The molecule has 0 fully saturated rings. The standard InChI is InChI=1S/C10H11NO/c1-2-3-6-9-12-10-7-4-5-8-11-10/h2-9H,1H3/b3-2-,9-6+. The van der Waals surface area contributed by atoms with E-state index in [2.05, 4.69) is 4.98 Å². The lowest BCUT2D eigenvalue weighted by atomic mass is 10.5. The van der Waals surface area contributed by atoms with Crippen LogP contribution in [0.2, 0.25) is 0 Å². The molecule has 0 spiro atoms. The van der Waals surface area contributed by atoms with E-state index < -0.39 is 0 Å². The molecule has 0 N–H and O–H groups in total. The normalized spacial score (nSPS) is 11.1. The van der Waals surface area contributed by atoms with Crippen LogP contribution in [0.3, 0.4) is 0 Å². The summed E-state index contributed by atoms with van der Waals surface area (Å²) in [6.45, 7) is 1.95. The first-order chi connectivity index (χ1) is 5.93. The molecule has 2 heteroatoms. The molecule has 0 atom stereocenters. The highest BCUT2D eigenvalue weighted by Crippen LogP contribution is 2.02. The molecule has 0 saturated heterocycles. The van der Waals surface area contributed by atoms with Crippen molar-refractivity contribution in [2.24, 2.45) is 0 Å². The topological polar surface area (TPSA) is 22.1 Å². The lowest BCUT2D eigenvalue weighted by Gasteiger charge is -1.94. The number of hydrogen-bond donors (Lipinski definition) is 0. The molecule has 0 aliphatic rings. The van der Waals surface area contributed by atoms with E-state index in [1.54, 1.807) is 18.5 Å². The van der Waals surface area contributed by atoms with E-state index >= 15 is 0 Å². The minimum Gasteiger partial charge on any atom is -0.447 e. The van der Waals surface area contributed by atoms with Crippen LogP contribution in [-0.2, 0) is 0 Å². The highest BCUT2D eigenvalue weighted by Gasteiger charge is 1.85. The molecule has 62 valence electrons. The van der Waals surface area contributed by atoms with Crippen LogP contribution in [-0.4, -0.2) is 4.98 Å². The highest BCUT2D eigenvalue weighted by atomic mass is 16.5. The Labute approximate surface area is 72.2 Å². The molecule has 0 aliphatic carbocycles. The Morgan fingerprint density at radius 2 is 2.25 bits per heavy atom. The lowest BCUT2D eigenvalue weighted by molar-refractivity contribution is 0.461. The van der Waals surface area contributed by atoms with Crippen LogP contribution in [0.25, 0.3) is 0 Å². The molecule has 2 nitrogen and oxygen atoms in total. The van der Waals surface area contributed by atoms with E-state index in [1.807, 2.05) is 37.3 Å². The van der Waals surface area contributed by atoms with Crippen molar-refractivity contribution in [2.45, 2.75) is 6.92 Å². The van der Waals surface area contributed by atoms with Gasteiger partial charge < -0.3 is 4.74 Å². The summed E-state index contributed by atoms with van der Waals surface area (Å²) in [6.07, 6.45) is 8.93. The number of ether oxygens (including phenoxy) is 1. The fourth-order valence-corrected chi connectivity index (χ4v) is 0.682. The summed E-state index contributed by atoms with van der Waals surface area (Å²) >= 11 is 0. The van der Waals surface area contributed by atoms with Crippen molar-refractivity contribution in [2.75, 3.05) is 0 Å². The third kappa shape index (κ3) is 3.01. The largest absolute Gasteiger partial charge is 0.447 e. The molecule has 0 radical (unpaired) electrons. The van der Waals surface area contributed by atoms with E-state index in [1.165, 1.54) is 0 Å². The third-order valence-electron chi connectivity index (χ3n) is 1.21. The van der Waals surface area contributed by atoms with Gasteiger partial charge in [0.2, 0.25) is 5.88 Å². The molecule has 0 saturated carbocycles. The van der Waals surface area contributed by atoms with Gasteiger partial charge in [0, 0.05) is 12.3 Å². The minimum atomic E-state index is 0.609. The first-order valence-electron chi connectivity index (χ1n) is 3.79. The third-order valence-corrected chi connectivity index (χ3v) is 1.21. The fourth-order valence-electron chi connectivity index (χ4n) is 0.682. The van der Waals surface area contributed by atoms with Gasteiger partial charge in [-0.2, -0.15) is 0 Å². The van der Waals surface area contributed by atoms with Crippen molar-refractivity contribution in [3.05, 3.63) is 48.9 Å². The summed E-state index contributed by atoms with van der Waals surface area (Å²) in [5, 5.41) is 0. The zero-order valence-electron chi connectivity index (χ0n) is 6.97. The minimum absolute atomic E-state index is 0.609. The molecule has 0 aromatic carbocycles. The van der Waals surface area contributed by atoms with Crippen LogP contribution in [0.5, 0.6) is 5.88 Å². The van der Waals surface area contributed by atoms with Crippen LogP contribution in [0, 0.1) is 0 Å². The summed E-state index contributed by atoms with van der Waals surface area (Å²) in [7, 11) is 0. The molecule has 12 heavy (non-hydrogen) atoms. The Balaban J connectivity index is 2.43. The fraction of sp³-hybridized carbons (Fsp3) is 0.100. The number of pyridine rings is 1. The summed E-state index contributed by atoms with van der Waals surface area (Å²) < 4.78 is 5.17. The van der Waals surface area contributed by atoms with Crippen LogP contribution >= 0.6 is 0 Å². The van der Waals surface area contributed by atoms with Crippen molar-refractivity contribution in [3.63, 3.8) is 0 Å². The molecule has 0 amide bonds. The quantitative estimate of drug-likeness (QED) is 0.502.